The summed E-state index contributed by atoms with van der Waals surface area (Å²) in [7, 11) is 0. The number of benzene rings is 2. The van der Waals surface area contributed by atoms with Gasteiger partial charge in [-0.25, -0.2) is 0 Å². The minimum absolute atomic E-state index is 0.0898. The molecule has 0 saturated carbocycles. The van der Waals surface area contributed by atoms with Crippen LogP contribution in [0, 0.1) is 19.8 Å². The maximum absolute atomic E-state index is 13.5. The highest BCUT2D eigenvalue weighted by atomic mass is 16.3. The van der Waals surface area contributed by atoms with Crippen LogP contribution in [0.4, 0.5) is 0 Å². The molecular formula is C27H38O2. The Labute approximate surface area is 178 Å². The topological polar surface area (TPSA) is 39.8 Å². The quantitative estimate of drug-likeness (QED) is 0.500. The van der Waals surface area contributed by atoms with Crippen molar-refractivity contribution < 1.29 is 10.2 Å². The van der Waals surface area contributed by atoms with Crippen LogP contribution in [0.15, 0.2) is 24.3 Å². The third kappa shape index (κ3) is 5.15. The molecule has 0 aliphatic carbocycles. The van der Waals surface area contributed by atoms with Gasteiger partial charge in [0, 0.05) is 28.2 Å². The second-order valence-corrected chi connectivity index (χ2v) is 11.1. The number of hydrogen-bond acceptors (Lipinski definition) is 0. The Bertz CT molecular complexity index is 807. The maximum atomic E-state index is 13.5. The van der Waals surface area contributed by atoms with E-state index in [1.54, 1.807) is 0 Å². The number of aryl methyl sites for hydroxylation is 2. The average molecular weight is 395 g/mol. The molecule has 0 N–H and O–H groups in total. The van der Waals surface area contributed by atoms with Gasteiger partial charge < -0.3 is 0 Å². The summed E-state index contributed by atoms with van der Waals surface area (Å²) in [6, 6.07) is 8.02. The average Bonchev–Trinajstić information content (AvgIpc) is 2.54. The van der Waals surface area contributed by atoms with Gasteiger partial charge in [0.1, 0.15) is 0 Å². The fraction of sp³-hybridized carbons (Fsp3) is 0.556. The molecule has 0 aliphatic rings. The van der Waals surface area contributed by atoms with Crippen molar-refractivity contribution >= 4 is 0 Å². The van der Waals surface area contributed by atoms with E-state index in [9.17, 15) is 10.2 Å². The first-order valence-electron chi connectivity index (χ1n) is 10.8. The van der Waals surface area contributed by atoms with Crippen LogP contribution in [0.1, 0.15) is 101 Å². The number of rotatable bonds is 4. The van der Waals surface area contributed by atoms with Crippen molar-refractivity contribution in [3.63, 3.8) is 0 Å². The first kappa shape index (κ1) is 23.3. The minimum Gasteiger partial charge on any atom is -0.289 e. The first-order valence-corrected chi connectivity index (χ1v) is 10.8. The van der Waals surface area contributed by atoms with Gasteiger partial charge in [-0.3, -0.25) is 10.2 Å². The molecule has 2 radical (unpaired) electrons. The van der Waals surface area contributed by atoms with Crippen LogP contribution in [0.2, 0.25) is 0 Å². The molecule has 0 aromatic heterocycles. The van der Waals surface area contributed by atoms with E-state index in [4.69, 9.17) is 0 Å². The molecule has 0 aliphatic heterocycles. The fourth-order valence-electron chi connectivity index (χ4n) is 4.13. The van der Waals surface area contributed by atoms with Crippen molar-refractivity contribution in [3.05, 3.63) is 57.6 Å². The highest BCUT2D eigenvalue weighted by Crippen LogP contribution is 2.47. The minimum atomic E-state index is -0.232. The van der Waals surface area contributed by atoms with Crippen LogP contribution in [-0.4, -0.2) is 0 Å². The van der Waals surface area contributed by atoms with Gasteiger partial charge in [-0.2, -0.15) is 0 Å². The molecule has 0 saturated heterocycles. The molecule has 2 heteroatoms. The van der Waals surface area contributed by atoms with Gasteiger partial charge in [-0.15, -0.1) is 0 Å². The van der Waals surface area contributed by atoms with Crippen molar-refractivity contribution in [3.8, 4) is 11.5 Å². The van der Waals surface area contributed by atoms with Gasteiger partial charge in [-0.1, -0.05) is 90.8 Å². The SMILES string of the molecule is Cc1cc(C(CC(C)C)c2cc(C)cc(C(C)(C)C)c2[O])c([O])c(C(C)(C)C)c1. The highest BCUT2D eigenvalue weighted by Gasteiger charge is 2.31. The van der Waals surface area contributed by atoms with Crippen LogP contribution in [0.25, 0.3) is 0 Å². The van der Waals surface area contributed by atoms with Gasteiger partial charge in [0.2, 0.25) is 0 Å². The molecule has 0 atom stereocenters. The Morgan fingerprint density at radius 2 is 1.03 bits per heavy atom. The predicted octanol–water partition coefficient (Wildman–Crippen LogP) is 8.36. The van der Waals surface area contributed by atoms with Gasteiger partial charge >= 0.3 is 0 Å². The van der Waals surface area contributed by atoms with Crippen molar-refractivity contribution in [2.45, 2.75) is 92.4 Å². The Morgan fingerprint density at radius 1 is 0.690 bits per heavy atom. The summed E-state index contributed by atoms with van der Waals surface area (Å²) in [5, 5.41) is 27.1. The smallest absolute Gasteiger partial charge is 0.186 e. The van der Waals surface area contributed by atoms with Gasteiger partial charge in [0.05, 0.1) is 0 Å². The third-order valence-electron chi connectivity index (χ3n) is 5.60. The van der Waals surface area contributed by atoms with Crippen LogP contribution >= 0.6 is 0 Å². The summed E-state index contributed by atoms with van der Waals surface area (Å²) in [5.74, 6) is 0.368. The van der Waals surface area contributed by atoms with E-state index in [1.165, 1.54) is 0 Å². The Morgan fingerprint density at radius 3 is 1.31 bits per heavy atom. The van der Waals surface area contributed by atoms with Gasteiger partial charge in [0.15, 0.2) is 11.5 Å². The molecule has 0 fully saturated rings. The molecule has 2 aromatic carbocycles. The molecule has 0 heterocycles. The normalized spacial score (nSPS) is 12.8. The molecule has 29 heavy (non-hydrogen) atoms. The summed E-state index contributed by atoms with van der Waals surface area (Å²) < 4.78 is 0. The fourth-order valence-corrected chi connectivity index (χ4v) is 4.13. The van der Waals surface area contributed by atoms with Crippen molar-refractivity contribution in [1.82, 2.24) is 0 Å². The van der Waals surface area contributed by atoms with E-state index in [-0.39, 0.29) is 28.2 Å². The Kier molecular flexibility index (Phi) is 6.47. The summed E-state index contributed by atoms with van der Waals surface area (Å²) in [5.41, 5.74) is 4.89. The lowest BCUT2D eigenvalue weighted by Crippen LogP contribution is -2.16. The van der Waals surface area contributed by atoms with Crippen molar-refractivity contribution in [2.24, 2.45) is 5.92 Å². The van der Waals surface area contributed by atoms with Crippen LogP contribution in [0.5, 0.6) is 11.5 Å². The van der Waals surface area contributed by atoms with Gasteiger partial charge in [0.25, 0.3) is 0 Å². The molecule has 2 nitrogen and oxygen atoms in total. The van der Waals surface area contributed by atoms with E-state index in [1.807, 2.05) is 38.1 Å². The van der Waals surface area contributed by atoms with E-state index < -0.39 is 0 Å². The molecule has 0 amide bonds. The molecule has 0 bridgehead atoms. The van der Waals surface area contributed by atoms with Crippen LogP contribution < -0.4 is 0 Å². The highest BCUT2D eigenvalue weighted by molar-refractivity contribution is 5.56. The second-order valence-electron chi connectivity index (χ2n) is 11.1. The Balaban J connectivity index is 2.83. The summed E-state index contributed by atoms with van der Waals surface area (Å²) in [4.78, 5) is 0. The van der Waals surface area contributed by atoms with Crippen molar-refractivity contribution in [2.75, 3.05) is 0 Å². The Hall–Kier alpha value is -1.96. The lowest BCUT2D eigenvalue weighted by Gasteiger charge is -2.28. The predicted molar refractivity (Wildman–Crippen MR) is 121 cm³/mol. The van der Waals surface area contributed by atoms with E-state index in [0.717, 1.165) is 39.8 Å². The lowest BCUT2D eigenvalue weighted by atomic mass is 9.76. The van der Waals surface area contributed by atoms with E-state index >= 15 is 0 Å². The van der Waals surface area contributed by atoms with Crippen molar-refractivity contribution in [1.29, 1.82) is 0 Å². The first-order chi connectivity index (χ1) is 13.1. The molecule has 2 rings (SSSR count). The third-order valence-corrected chi connectivity index (χ3v) is 5.60. The van der Waals surface area contributed by atoms with E-state index in [0.29, 0.717) is 5.92 Å². The monoisotopic (exact) mass is 394 g/mol. The zero-order valence-electron chi connectivity index (χ0n) is 20.0. The lowest BCUT2D eigenvalue weighted by molar-refractivity contribution is 0.323. The molecule has 0 unspecified atom stereocenters. The van der Waals surface area contributed by atoms with Gasteiger partial charge in [-0.05, 0) is 37.0 Å². The van der Waals surface area contributed by atoms with E-state index in [2.05, 4.69) is 55.4 Å². The summed E-state index contributed by atoms with van der Waals surface area (Å²) in [6.45, 7) is 20.9. The zero-order chi connectivity index (χ0) is 22.3. The number of hydrogen-bond donors (Lipinski definition) is 0. The zero-order valence-corrected chi connectivity index (χ0v) is 20.0. The molecule has 158 valence electrons. The summed E-state index contributed by atoms with van der Waals surface area (Å²) in [6.07, 6.45) is 0.782. The van der Waals surface area contributed by atoms with Crippen LogP contribution in [0.3, 0.4) is 0 Å². The maximum Gasteiger partial charge on any atom is 0.186 e. The second kappa shape index (κ2) is 8.05. The van der Waals surface area contributed by atoms with Crippen LogP contribution in [-0.2, 0) is 21.0 Å². The largest absolute Gasteiger partial charge is 0.289 e. The standard InChI is InChI=1S/C27H38O2/c1-16(2)11-19(20-12-17(3)14-22(24(20)28)26(5,6)7)21-13-18(4)15-23(25(21)29)27(8,9)10/h12-16,19H,11H2,1-10H3. The molecule has 2 aromatic rings. The summed E-state index contributed by atoms with van der Waals surface area (Å²) >= 11 is 0. The molecular weight excluding hydrogens is 356 g/mol. The molecule has 0 spiro atoms.